The first kappa shape index (κ1) is 20.9. The monoisotopic (exact) mass is 446 g/mol. The van der Waals surface area contributed by atoms with Crippen LogP contribution in [0.5, 0.6) is 0 Å². The number of fused-ring (bicyclic) bond motifs is 2. The van der Waals surface area contributed by atoms with Crippen molar-refractivity contribution in [1.82, 2.24) is 9.88 Å². The lowest BCUT2D eigenvalue weighted by molar-refractivity contribution is -0.384. The molecular weight excluding hydrogens is 427 g/mol. The molecule has 9 heteroatoms. The predicted molar refractivity (Wildman–Crippen MR) is 117 cm³/mol. The highest BCUT2D eigenvalue weighted by molar-refractivity contribution is 6.12. The highest BCUT2D eigenvalue weighted by Gasteiger charge is 2.64. The Bertz CT molecular complexity index is 1280. The predicted octanol–water partition coefficient (Wildman–Crippen LogP) is 3.50. The fraction of sp³-hybridized carbons (Fsp3) is 0.208. The molecular formula is C24H19FN4O4. The Kier molecular flexibility index (Phi) is 4.79. The number of rotatable bonds is 4. The van der Waals surface area contributed by atoms with Gasteiger partial charge in [-0.1, -0.05) is 12.1 Å². The van der Waals surface area contributed by atoms with E-state index >= 15 is 0 Å². The smallest absolute Gasteiger partial charge is 0.269 e. The molecule has 1 N–H and O–H groups in total. The van der Waals surface area contributed by atoms with Gasteiger partial charge in [0.2, 0.25) is 5.91 Å². The number of hydrogen-bond donors (Lipinski definition) is 1. The second kappa shape index (κ2) is 7.56. The number of aromatic nitrogens is 1. The van der Waals surface area contributed by atoms with Crippen LogP contribution in [0.15, 0.2) is 67.0 Å². The Labute approximate surface area is 188 Å². The van der Waals surface area contributed by atoms with Gasteiger partial charge in [0.1, 0.15) is 11.4 Å². The molecule has 3 atom stereocenters. The van der Waals surface area contributed by atoms with Gasteiger partial charge in [0.15, 0.2) is 5.78 Å². The summed E-state index contributed by atoms with van der Waals surface area (Å²) in [5, 5.41) is 13.9. The van der Waals surface area contributed by atoms with Gasteiger partial charge in [-0.15, -0.1) is 0 Å². The summed E-state index contributed by atoms with van der Waals surface area (Å²) < 4.78 is 14.3. The lowest BCUT2D eigenvalue weighted by Crippen LogP contribution is -2.51. The summed E-state index contributed by atoms with van der Waals surface area (Å²) in [6, 6.07) is 13.3. The lowest BCUT2D eigenvalue weighted by atomic mass is 9.70. The van der Waals surface area contributed by atoms with Gasteiger partial charge in [-0.25, -0.2) is 4.39 Å². The van der Waals surface area contributed by atoms with Crippen LogP contribution in [0, 0.1) is 21.8 Å². The van der Waals surface area contributed by atoms with Gasteiger partial charge in [-0.2, -0.15) is 0 Å². The zero-order valence-electron chi connectivity index (χ0n) is 17.6. The van der Waals surface area contributed by atoms with E-state index < -0.39 is 34.0 Å². The van der Waals surface area contributed by atoms with Gasteiger partial charge in [0.25, 0.3) is 5.69 Å². The average Bonchev–Trinajstić information content (AvgIpc) is 3.29. The number of nitro benzene ring substituents is 1. The number of nitrogens with one attached hydrogen (secondary N) is 1. The summed E-state index contributed by atoms with van der Waals surface area (Å²) in [6.07, 6.45) is 2.99. The first-order valence-corrected chi connectivity index (χ1v) is 10.4. The maximum absolute atomic E-state index is 14.3. The number of likely N-dealkylation sites (tertiary alicyclic amines) is 1. The first-order valence-electron chi connectivity index (χ1n) is 10.4. The van der Waals surface area contributed by atoms with Crippen molar-refractivity contribution in [3.8, 4) is 0 Å². The number of nitrogens with zero attached hydrogens (tertiary/aromatic N) is 3. The highest BCUT2D eigenvalue weighted by atomic mass is 19.1. The first-order chi connectivity index (χ1) is 15.8. The largest absolute Gasteiger partial charge is 0.324 e. The minimum Gasteiger partial charge on any atom is -0.324 e. The fourth-order valence-corrected chi connectivity index (χ4v) is 5.24. The third kappa shape index (κ3) is 3.04. The highest BCUT2D eigenvalue weighted by Crippen LogP contribution is 2.55. The molecule has 1 amide bonds. The van der Waals surface area contributed by atoms with Crippen LogP contribution in [0.2, 0.25) is 0 Å². The number of pyridine rings is 1. The molecule has 1 unspecified atom stereocenters. The number of amides is 1. The van der Waals surface area contributed by atoms with Crippen molar-refractivity contribution in [1.29, 1.82) is 0 Å². The van der Waals surface area contributed by atoms with Crippen LogP contribution in [-0.2, 0) is 10.3 Å². The van der Waals surface area contributed by atoms with E-state index in [1.54, 1.807) is 42.4 Å². The number of anilines is 1. The molecule has 0 aliphatic carbocycles. The fourth-order valence-electron chi connectivity index (χ4n) is 5.24. The molecule has 8 nitrogen and oxygen atoms in total. The normalized spacial score (nSPS) is 24.0. The molecule has 3 aromatic rings. The molecule has 0 radical (unpaired) electrons. The maximum atomic E-state index is 14.3. The molecule has 1 fully saturated rings. The van der Waals surface area contributed by atoms with Gasteiger partial charge < -0.3 is 5.32 Å². The molecule has 2 aromatic carbocycles. The van der Waals surface area contributed by atoms with E-state index in [-0.39, 0.29) is 11.5 Å². The zero-order valence-corrected chi connectivity index (χ0v) is 17.6. The van der Waals surface area contributed by atoms with Gasteiger partial charge >= 0.3 is 0 Å². The van der Waals surface area contributed by atoms with Crippen LogP contribution in [0.25, 0.3) is 0 Å². The summed E-state index contributed by atoms with van der Waals surface area (Å²) in [7, 11) is 1.73. The number of non-ortho nitro benzene ring substituents is 1. The van der Waals surface area contributed by atoms with E-state index in [4.69, 9.17) is 0 Å². The van der Waals surface area contributed by atoms with Gasteiger partial charge in [-0.05, 0) is 42.9 Å². The second-order valence-electron chi connectivity index (χ2n) is 8.33. The molecule has 1 aromatic heterocycles. The van der Waals surface area contributed by atoms with Crippen LogP contribution in [-0.4, -0.2) is 40.1 Å². The van der Waals surface area contributed by atoms with Gasteiger partial charge in [0, 0.05) is 53.8 Å². The third-order valence-electron chi connectivity index (χ3n) is 6.67. The number of carbonyl (C=O) groups excluding carboxylic acids is 2. The number of Topliss-reactive ketones (excluding diaryl/α,β-unsaturated/α-hetero) is 1. The molecule has 2 aliphatic heterocycles. The maximum Gasteiger partial charge on any atom is 0.269 e. The van der Waals surface area contributed by atoms with E-state index in [1.807, 2.05) is 0 Å². The van der Waals surface area contributed by atoms with Crippen molar-refractivity contribution in [2.45, 2.75) is 11.5 Å². The number of ketones is 1. The summed E-state index contributed by atoms with van der Waals surface area (Å²) in [5.41, 5.74) is 0.381. The summed E-state index contributed by atoms with van der Waals surface area (Å²) in [5.74, 6) is -2.59. The number of nitro groups is 1. The molecule has 1 spiro atoms. The molecule has 0 bridgehead atoms. The van der Waals surface area contributed by atoms with Crippen molar-refractivity contribution in [3.05, 3.63) is 99.6 Å². The van der Waals surface area contributed by atoms with Crippen LogP contribution in [0.4, 0.5) is 15.8 Å². The molecule has 3 heterocycles. The van der Waals surface area contributed by atoms with Crippen molar-refractivity contribution < 1.29 is 18.9 Å². The average molecular weight is 446 g/mol. The lowest BCUT2D eigenvalue weighted by Gasteiger charge is -2.35. The van der Waals surface area contributed by atoms with E-state index in [9.17, 15) is 24.1 Å². The van der Waals surface area contributed by atoms with E-state index in [0.717, 1.165) is 0 Å². The van der Waals surface area contributed by atoms with Crippen molar-refractivity contribution in [2.75, 3.05) is 18.9 Å². The number of hydrogen-bond acceptors (Lipinski definition) is 6. The molecule has 166 valence electrons. The Morgan fingerprint density at radius 1 is 1.24 bits per heavy atom. The van der Waals surface area contributed by atoms with Crippen molar-refractivity contribution >= 4 is 23.1 Å². The zero-order chi connectivity index (χ0) is 23.3. The van der Waals surface area contributed by atoms with E-state index in [1.165, 1.54) is 36.5 Å². The Morgan fingerprint density at radius 3 is 2.67 bits per heavy atom. The van der Waals surface area contributed by atoms with Crippen molar-refractivity contribution in [2.24, 2.45) is 5.92 Å². The third-order valence-corrected chi connectivity index (χ3v) is 6.67. The minimum atomic E-state index is -1.43. The quantitative estimate of drug-likeness (QED) is 0.374. The molecule has 33 heavy (non-hydrogen) atoms. The van der Waals surface area contributed by atoms with E-state index in [2.05, 4.69) is 10.3 Å². The topological polar surface area (TPSA) is 105 Å². The standard InChI is InChI=1S/C24H19FN4O4/c1-28-13-18(14-4-7-17(8-5-14)29(32)33)21(22(30)15-3-2-10-26-12-15)24(28)19-11-16(25)6-9-20(19)27-23(24)31/h2-12,18,21H,13H2,1H3,(H,27,31)/t18-,21?,24-/m1/s1. The molecule has 5 rings (SSSR count). The Morgan fingerprint density at radius 2 is 2.00 bits per heavy atom. The summed E-state index contributed by atoms with van der Waals surface area (Å²) >= 11 is 0. The van der Waals surface area contributed by atoms with Crippen LogP contribution >= 0.6 is 0 Å². The minimum absolute atomic E-state index is 0.0685. The van der Waals surface area contributed by atoms with E-state index in [0.29, 0.717) is 28.9 Å². The Hall–Kier alpha value is -3.98. The van der Waals surface area contributed by atoms with Gasteiger partial charge in [-0.3, -0.25) is 29.6 Å². The number of benzene rings is 2. The second-order valence-corrected chi connectivity index (χ2v) is 8.33. The van der Waals surface area contributed by atoms with Gasteiger partial charge in [0.05, 0.1) is 10.8 Å². The Balaban J connectivity index is 1.71. The SMILES string of the molecule is CN1C[C@H](c2ccc([N+](=O)[O-])cc2)C(C(=O)c2cccnc2)[C@]12C(=O)Nc1ccc(F)cc12. The number of carbonyl (C=O) groups is 2. The number of likely N-dealkylation sites (N-methyl/N-ethyl adjacent to an activating group) is 1. The van der Waals surface area contributed by atoms with Crippen molar-refractivity contribution in [3.63, 3.8) is 0 Å². The molecule has 0 saturated carbocycles. The van der Waals surface area contributed by atoms with Crippen LogP contribution < -0.4 is 5.32 Å². The number of halogens is 1. The molecule has 2 aliphatic rings. The van der Waals surface area contributed by atoms with Crippen LogP contribution in [0.1, 0.15) is 27.4 Å². The molecule has 1 saturated heterocycles. The summed E-state index contributed by atoms with van der Waals surface area (Å²) in [6.45, 7) is 0.317. The summed E-state index contributed by atoms with van der Waals surface area (Å²) in [4.78, 5) is 43.9. The van der Waals surface area contributed by atoms with Crippen LogP contribution in [0.3, 0.4) is 0 Å².